The van der Waals surface area contributed by atoms with E-state index in [0.29, 0.717) is 12.6 Å². The highest BCUT2D eigenvalue weighted by atomic mass is 16.1. The van der Waals surface area contributed by atoms with Gasteiger partial charge in [-0.15, -0.1) is 0 Å². The number of benzene rings is 1. The number of hydrogen-bond donors (Lipinski definition) is 0. The van der Waals surface area contributed by atoms with Crippen LogP contribution < -0.4 is 0 Å². The van der Waals surface area contributed by atoms with Gasteiger partial charge >= 0.3 is 0 Å². The van der Waals surface area contributed by atoms with E-state index in [0.717, 1.165) is 30.6 Å². The molecule has 0 saturated carbocycles. The third kappa shape index (κ3) is 3.18. The van der Waals surface area contributed by atoms with Crippen molar-refractivity contribution in [1.82, 2.24) is 9.80 Å². The van der Waals surface area contributed by atoms with E-state index in [1.54, 1.807) is 0 Å². The molecule has 1 aliphatic rings. The van der Waals surface area contributed by atoms with Crippen molar-refractivity contribution in [3.63, 3.8) is 0 Å². The molecule has 1 saturated heterocycles. The molecule has 0 aliphatic carbocycles. The minimum atomic E-state index is 0.234. The highest BCUT2D eigenvalue weighted by molar-refractivity contribution is 5.97. The Kier molecular flexibility index (Phi) is 4.15. The maximum atomic E-state index is 12.2. The van der Waals surface area contributed by atoms with Crippen molar-refractivity contribution < 1.29 is 4.79 Å². The smallest absolute Gasteiger partial charge is 0.176 e. The summed E-state index contributed by atoms with van der Waals surface area (Å²) in [5.74, 6) is 0.234. The van der Waals surface area contributed by atoms with Crippen molar-refractivity contribution in [2.75, 3.05) is 33.7 Å². The minimum absolute atomic E-state index is 0.234. The first-order valence-corrected chi connectivity index (χ1v) is 6.55. The lowest BCUT2D eigenvalue weighted by atomic mass is 10.1. The number of likely N-dealkylation sites (N-methyl/N-ethyl adjacent to an activating group) is 1. The zero-order chi connectivity index (χ0) is 13.1. The SMILES string of the molecule is Cc1cccc(C(=O)CN2CCC(N(C)C)C2)c1. The Morgan fingerprint density at radius 2 is 2.22 bits per heavy atom. The van der Waals surface area contributed by atoms with Gasteiger partial charge in [-0.2, -0.15) is 0 Å². The maximum absolute atomic E-state index is 12.2. The van der Waals surface area contributed by atoms with Gasteiger partial charge < -0.3 is 4.90 Å². The van der Waals surface area contributed by atoms with Gasteiger partial charge in [0.2, 0.25) is 0 Å². The molecule has 1 fully saturated rings. The fraction of sp³-hybridized carbons (Fsp3) is 0.533. The lowest BCUT2D eigenvalue weighted by Crippen LogP contribution is -2.33. The average molecular weight is 246 g/mol. The molecule has 0 radical (unpaired) electrons. The first-order valence-electron chi connectivity index (χ1n) is 6.55. The molecule has 1 aromatic rings. The number of nitrogens with zero attached hydrogens (tertiary/aromatic N) is 2. The van der Waals surface area contributed by atoms with Crippen molar-refractivity contribution in [2.24, 2.45) is 0 Å². The van der Waals surface area contributed by atoms with Crippen LogP contribution in [0.5, 0.6) is 0 Å². The molecule has 0 amide bonds. The van der Waals surface area contributed by atoms with Gasteiger partial charge in [0.05, 0.1) is 6.54 Å². The molecule has 1 atom stereocenters. The summed E-state index contributed by atoms with van der Waals surface area (Å²) in [6.07, 6.45) is 1.16. The molecule has 0 spiro atoms. The molecule has 0 N–H and O–H groups in total. The van der Waals surface area contributed by atoms with Gasteiger partial charge in [-0.25, -0.2) is 0 Å². The molecular formula is C15H22N2O. The molecule has 1 aromatic carbocycles. The van der Waals surface area contributed by atoms with E-state index in [4.69, 9.17) is 0 Å². The Balaban J connectivity index is 1.93. The quantitative estimate of drug-likeness (QED) is 0.757. The number of likely N-dealkylation sites (tertiary alicyclic amines) is 1. The van der Waals surface area contributed by atoms with Gasteiger partial charge in [0.1, 0.15) is 0 Å². The van der Waals surface area contributed by atoms with Gasteiger partial charge in [0, 0.05) is 24.7 Å². The molecule has 98 valence electrons. The first kappa shape index (κ1) is 13.2. The zero-order valence-corrected chi connectivity index (χ0v) is 11.5. The predicted octanol–water partition coefficient (Wildman–Crippen LogP) is 1.81. The Morgan fingerprint density at radius 1 is 1.44 bits per heavy atom. The molecule has 3 nitrogen and oxygen atoms in total. The van der Waals surface area contributed by atoms with Crippen LogP contribution in [0.2, 0.25) is 0 Å². The van der Waals surface area contributed by atoms with Crippen molar-refractivity contribution in [3.8, 4) is 0 Å². The van der Waals surface area contributed by atoms with Crippen LogP contribution >= 0.6 is 0 Å². The van der Waals surface area contributed by atoms with Crippen LogP contribution in [0.25, 0.3) is 0 Å². The molecule has 2 rings (SSSR count). The molecule has 1 heterocycles. The van der Waals surface area contributed by atoms with Crippen LogP contribution in [0.15, 0.2) is 24.3 Å². The van der Waals surface area contributed by atoms with Crippen molar-refractivity contribution in [3.05, 3.63) is 35.4 Å². The summed E-state index contributed by atoms with van der Waals surface area (Å²) >= 11 is 0. The third-order valence-corrected chi connectivity index (χ3v) is 3.69. The van der Waals surface area contributed by atoms with Crippen molar-refractivity contribution in [2.45, 2.75) is 19.4 Å². The summed E-state index contributed by atoms with van der Waals surface area (Å²) in [4.78, 5) is 16.7. The highest BCUT2D eigenvalue weighted by Gasteiger charge is 2.25. The molecule has 1 unspecified atom stereocenters. The fourth-order valence-corrected chi connectivity index (χ4v) is 2.49. The Bertz CT molecular complexity index is 428. The Labute approximate surface area is 109 Å². The number of aryl methyl sites for hydroxylation is 1. The van der Waals surface area contributed by atoms with Crippen LogP contribution in [0.3, 0.4) is 0 Å². The van der Waals surface area contributed by atoms with Crippen LogP contribution in [0.1, 0.15) is 22.3 Å². The minimum Gasteiger partial charge on any atom is -0.305 e. The van der Waals surface area contributed by atoms with E-state index in [2.05, 4.69) is 23.9 Å². The van der Waals surface area contributed by atoms with Crippen LogP contribution in [0, 0.1) is 6.92 Å². The van der Waals surface area contributed by atoms with E-state index in [-0.39, 0.29) is 5.78 Å². The fourth-order valence-electron chi connectivity index (χ4n) is 2.49. The normalized spacial score (nSPS) is 20.6. The van der Waals surface area contributed by atoms with Gasteiger partial charge in [-0.3, -0.25) is 9.69 Å². The summed E-state index contributed by atoms with van der Waals surface area (Å²) in [5, 5.41) is 0. The van der Waals surface area contributed by atoms with E-state index in [1.165, 1.54) is 0 Å². The number of carbonyl (C=O) groups excluding carboxylic acids is 1. The number of rotatable bonds is 4. The molecular weight excluding hydrogens is 224 g/mol. The first-order chi connectivity index (χ1) is 8.56. The van der Waals surface area contributed by atoms with E-state index in [1.807, 2.05) is 31.2 Å². The molecule has 0 bridgehead atoms. The largest absolute Gasteiger partial charge is 0.305 e. The second-order valence-corrected chi connectivity index (χ2v) is 5.43. The van der Waals surface area contributed by atoms with Crippen molar-refractivity contribution in [1.29, 1.82) is 0 Å². The monoisotopic (exact) mass is 246 g/mol. The molecule has 3 heteroatoms. The average Bonchev–Trinajstić information content (AvgIpc) is 2.77. The molecule has 1 aliphatic heterocycles. The summed E-state index contributed by atoms with van der Waals surface area (Å²) < 4.78 is 0. The topological polar surface area (TPSA) is 23.6 Å². The summed E-state index contributed by atoms with van der Waals surface area (Å²) in [7, 11) is 4.22. The second kappa shape index (κ2) is 5.63. The van der Waals surface area contributed by atoms with E-state index >= 15 is 0 Å². The standard InChI is InChI=1S/C15H22N2O/c1-12-5-4-6-13(9-12)15(18)11-17-8-7-14(10-17)16(2)3/h4-6,9,14H,7-8,10-11H2,1-3H3. The number of hydrogen-bond acceptors (Lipinski definition) is 3. The Morgan fingerprint density at radius 3 is 2.83 bits per heavy atom. The zero-order valence-electron chi connectivity index (χ0n) is 11.5. The Hall–Kier alpha value is -1.19. The lowest BCUT2D eigenvalue weighted by molar-refractivity contribution is 0.0941. The van der Waals surface area contributed by atoms with Crippen LogP contribution in [0.4, 0.5) is 0 Å². The van der Waals surface area contributed by atoms with Crippen LogP contribution in [-0.2, 0) is 0 Å². The van der Waals surface area contributed by atoms with Crippen molar-refractivity contribution >= 4 is 5.78 Å². The van der Waals surface area contributed by atoms with Gasteiger partial charge in [0.15, 0.2) is 5.78 Å². The maximum Gasteiger partial charge on any atom is 0.176 e. The van der Waals surface area contributed by atoms with E-state index < -0.39 is 0 Å². The lowest BCUT2D eigenvalue weighted by Gasteiger charge is -2.19. The third-order valence-electron chi connectivity index (χ3n) is 3.69. The van der Waals surface area contributed by atoms with Gasteiger partial charge in [-0.1, -0.05) is 23.8 Å². The number of Topliss-reactive ketones (excluding diaryl/α,β-unsaturated/α-hetero) is 1. The summed E-state index contributed by atoms with van der Waals surface area (Å²) in [6, 6.07) is 8.45. The number of ketones is 1. The predicted molar refractivity (Wildman–Crippen MR) is 74.0 cm³/mol. The molecule has 18 heavy (non-hydrogen) atoms. The second-order valence-electron chi connectivity index (χ2n) is 5.43. The number of carbonyl (C=O) groups is 1. The molecule has 0 aromatic heterocycles. The summed E-state index contributed by atoms with van der Waals surface area (Å²) in [5.41, 5.74) is 1.98. The van der Waals surface area contributed by atoms with Gasteiger partial charge in [0.25, 0.3) is 0 Å². The summed E-state index contributed by atoms with van der Waals surface area (Å²) in [6.45, 7) is 4.60. The highest BCUT2D eigenvalue weighted by Crippen LogP contribution is 2.14. The van der Waals surface area contributed by atoms with Crippen LogP contribution in [-0.4, -0.2) is 55.4 Å². The van der Waals surface area contributed by atoms with Gasteiger partial charge in [-0.05, 0) is 33.5 Å². The van der Waals surface area contributed by atoms with E-state index in [9.17, 15) is 4.79 Å².